The Morgan fingerprint density at radius 2 is 2.00 bits per heavy atom. The molecule has 2 aliphatic heterocycles. The molecule has 2 nitrogen and oxygen atoms in total. The summed E-state index contributed by atoms with van der Waals surface area (Å²) in [6.07, 6.45) is 6.37. The Balaban J connectivity index is 1.60. The van der Waals surface area contributed by atoms with Gasteiger partial charge < -0.3 is 10.2 Å². The van der Waals surface area contributed by atoms with Crippen molar-refractivity contribution in [1.29, 1.82) is 0 Å². The van der Waals surface area contributed by atoms with Crippen LogP contribution in [0.4, 0.5) is 4.39 Å². The topological polar surface area (TPSA) is 15.3 Å². The van der Waals surface area contributed by atoms with Crippen molar-refractivity contribution in [1.82, 2.24) is 10.2 Å². The Labute approximate surface area is 125 Å². The van der Waals surface area contributed by atoms with Crippen LogP contribution in [0.15, 0.2) is 18.2 Å². The first-order chi connectivity index (χ1) is 9.65. The predicted octanol–water partition coefficient (Wildman–Crippen LogP) is 3.58. The number of benzene rings is 1. The van der Waals surface area contributed by atoms with E-state index in [-0.39, 0.29) is 10.8 Å². The molecule has 1 aromatic carbocycles. The molecule has 2 heterocycles. The average Bonchev–Trinajstić information content (AvgIpc) is 2.41. The first kappa shape index (κ1) is 14.3. The van der Waals surface area contributed by atoms with Gasteiger partial charge in [0, 0.05) is 24.7 Å². The third kappa shape index (κ3) is 2.85. The van der Waals surface area contributed by atoms with Gasteiger partial charge in [0.2, 0.25) is 0 Å². The summed E-state index contributed by atoms with van der Waals surface area (Å²) in [5, 5.41) is 3.83. The second-order valence-corrected chi connectivity index (χ2v) is 6.54. The van der Waals surface area contributed by atoms with Gasteiger partial charge in [-0.3, -0.25) is 0 Å². The summed E-state index contributed by atoms with van der Waals surface area (Å²) in [5.74, 6) is -0.328. The zero-order valence-electron chi connectivity index (χ0n) is 11.9. The Hall–Kier alpha value is -0.640. The maximum Gasteiger partial charge on any atom is 0.142 e. The Bertz CT molecular complexity index is 466. The molecule has 3 rings (SSSR count). The molecule has 2 fully saturated rings. The van der Waals surface area contributed by atoms with Gasteiger partial charge in [-0.25, -0.2) is 4.39 Å². The molecular formula is C16H22ClFN2. The minimum Gasteiger partial charge on any atom is -0.310 e. The highest BCUT2D eigenvalue weighted by atomic mass is 35.5. The van der Waals surface area contributed by atoms with Crippen molar-refractivity contribution in [3.05, 3.63) is 34.6 Å². The lowest BCUT2D eigenvalue weighted by Gasteiger charge is -2.47. The van der Waals surface area contributed by atoms with Crippen LogP contribution < -0.4 is 5.32 Å². The van der Waals surface area contributed by atoms with Gasteiger partial charge in [-0.05, 0) is 44.4 Å². The van der Waals surface area contributed by atoms with Gasteiger partial charge >= 0.3 is 0 Å². The van der Waals surface area contributed by atoms with Crippen molar-refractivity contribution in [3.8, 4) is 0 Å². The Morgan fingerprint density at radius 3 is 2.70 bits per heavy atom. The van der Waals surface area contributed by atoms with Gasteiger partial charge in [-0.15, -0.1) is 0 Å². The average molecular weight is 297 g/mol. The Kier molecular flexibility index (Phi) is 4.29. The lowest BCUT2D eigenvalue weighted by Crippen LogP contribution is -2.54. The van der Waals surface area contributed by atoms with E-state index in [1.54, 1.807) is 6.07 Å². The van der Waals surface area contributed by atoms with E-state index in [2.05, 4.69) is 17.3 Å². The van der Waals surface area contributed by atoms with Gasteiger partial charge in [-0.1, -0.05) is 30.2 Å². The SMILES string of the molecule is CN1C2CCCC1CC(NCc1cccc(F)c1Cl)C2. The summed E-state index contributed by atoms with van der Waals surface area (Å²) in [6.45, 7) is 0.657. The number of nitrogens with one attached hydrogen (secondary N) is 1. The van der Waals surface area contributed by atoms with Gasteiger partial charge in [0.15, 0.2) is 0 Å². The molecule has 0 radical (unpaired) electrons. The summed E-state index contributed by atoms with van der Waals surface area (Å²) in [4.78, 5) is 2.55. The van der Waals surface area contributed by atoms with Crippen LogP contribution in [0.25, 0.3) is 0 Å². The molecular weight excluding hydrogens is 275 g/mol. The summed E-state index contributed by atoms with van der Waals surface area (Å²) < 4.78 is 13.4. The first-order valence-corrected chi connectivity index (χ1v) is 7.91. The molecule has 1 N–H and O–H groups in total. The summed E-state index contributed by atoms with van der Waals surface area (Å²) >= 11 is 6.01. The van der Waals surface area contributed by atoms with Crippen LogP contribution in [0.2, 0.25) is 5.02 Å². The van der Waals surface area contributed by atoms with E-state index < -0.39 is 0 Å². The number of fused-ring (bicyclic) bond motifs is 2. The monoisotopic (exact) mass is 296 g/mol. The van der Waals surface area contributed by atoms with Crippen molar-refractivity contribution in [3.63, 3.8) is 0 Å². The van der Waals surface area contributed by atoms with Crippen LogP contribution in [0.1, 0.15) is 37.7 Å². The lowest BCUT2D eigenvalue weighted by molar-refractivity contribution is 0.0482. The zero-order chi connectivity index (χ0) is 14.1. The largest absolute Gasteiger partial charge is 0.310 e. The number of hydrogen-bond donors (Lipinski definition) is 1. The van der Waals surface area contributed by atoms with Crippen LogP contribution in [0.3, 0.4) is 0 Å². The molecule has 2 unspecified atom stereocenters. The summed E-state index contributed by atoms with van der Waals surface area (Å²) in [5.41, 5.74) is 0.857. The number of rotatable bonds is 3. The molecule has 2 bridgehead atoms. The molecule has 2 atom stereocenters. The molecule has 2 aliphatic rings. The molecule has 0 saturated carbocycles. The van der Waals surface area contributed by atoms with Crippen LogP contribution >= 0.6 is 11.6 Å². The molecule has 2 saturated heterocycles. The van der Waals surface area contributed by atoms with Gasteiger partial charge in [0.1, 0.15) is 5.82 Å². The fraction of sp³-hybridized carbons (Fsp3) is 0.625. The number of piperidine rings is 2. The predicted molar refractivity (Wildman–Crippen MR) is 80.5 cm³/mol. The van der Waals surface area contributed by atoms with E-state index in [9.17, 15) is 4.39 Å². The highest BCUT2D eigenvalue weighted by Crippen LogP contribution is 2.32. The molecule has 110 valence electrons. The zero-order valence-corrected chi connectivity index (χ0v) is 12.7. The van der Waals surface area contributed by atoms with Gasteiger partial charge in [-0.2, -0.15) is 0 Å². The molecule has 20 heavy (non-hydrogen) atoms. The Morgan fingerprint density at radius 1 is 1.30 bits per heavy atom. The molecule has 4 heteroatoms. The molecule has 1 aromatic rings. The third-order valence-corrected chi connectivity index (χ3v) is 5.38. The first-order valence-electron chi connectivity index (χ1n) is 7.53. The second-order valence-electron chi connectivity index (χ2n) is 6.17. The van der Waals surface area contributed by atoms with Crippen molar-refractivity contribution < 1.29 is 4.39 Å². The van der Waals surface area contributed by atoms with E-state index in [0.29, 0.717) is 24.7 Å². The van der Waals surface area contributed by atoms with Crippen molar-refractivity contribution in [2.45, 2.75) is 56.8 Å². The fourth-order valence-corrected chi connectivity index (χ4v) is 3.91. The number of nitrogens with zero attached hydrogens (tertiary/aromatic N) is 1. The maximum atomic E-state index is 13.4. The number of halogens is 2. The van der Waals surface area contributed by atoms with Crippen LogP contribution in [0.5, 0.6) is 0 Å². The molecule has 0 aliphatic carbocycles. The minimum atomic E-state index is -0.328. The normalized spacial score (nSPS) is 30.4. The highest BCUT2D eigenvalue weighted by molar-refractivity contribution is 6.31. The highest BCUT2D eigenvalue weighted by Gasteiger charge is 2.35. The van der Waals surface area contributed by atoms with Crippen molar-refractivity contribution >= 4 is 11.6 Å². The molecule has 0 aromatic heterocycles. The van der Waals surface area contributed by atoms with Gasteiger partial charge in [0.05, 0.1) is 5.02 Å². The van der Waals surface area contributed by atoms with Crippen LogP contribution in [0, 0.1) is 5.82 Å². The smallest absolute Gasteiger partial charge is 0.142 e. The molecule has 0 amide bonds. The van der Waals surface area contributed by atoms with Crippen LogP contribution in [-0.4, -0.2) is 30.1 Å². The van der Waals surface area contributed by atoms with Crippen molar-refractivity contribution in [2.75, 3.05) is 7.05 Å². The maximum absolute atomic E-state index is 13.4. The van der Waals surface area contributed by atoms with Crippen LogP contribution in [-0.2, 0) is 6.54 Å². The molecule has 0 spiro atoms. The van der Waals surface area contributed by atoms with Gasteiger partial charge in [0.25, 0.3) is 0 Å². The summed E-state index contributed by atoms with van der Waals surface area (Å²) in [7, 11) is 2.26. The third-order valence-electron chi connectivity index (χ3n) is 4.95. The van der Waals surface area contributed by atoms with E-state index in [0.717, 1.165) is 5.56 Å². The lowest BCUT2D eigenvalue weighted by atomic mass is 9.82. The van der Waals surface area contributed by atoms with E-state index in [1.165, 1.54) is 38.2 Å². The van der Waals surface area contributed by atoms with E-state index in [1.807, 2.05) is 6.07 Å². The second kappa shape index (κ2) is 6.00. The standard InChI is InChI=1S/C16H22ClFN2/c1-20-13-5-3-6-14(20)9-12(8-13)19-10-11-4-2-7-15(18)16(11)17/h2,4,7,12-14,19H,3,5-6,8-10H2,1H3. The fourth-order valence-electron chi connectivity index (χ4n) is 3.72. The quantitative estimate of drug-likeness (QED) is 0.917. The minimum absolute atomic E-state index is 0.258. The van der Waals surface area contributed by atoms with Crippen molar-refractivity contribution in [2.24, 2.45) is 0 Å². The number of hydrogen-bond acceptors (Lipinski definition) is 2. The van der Waals surface area contributed by atoms with E-state index >= 15 is 0 Å². The summed E-state index contributed by atoms with van der Waals surface area (Å²) in [6, 6.07) is 6.98. The van der Waals surface area contributed by atoms with E-state index in [4.69, 9.17) is 11.6 Å².